The van der Waals surface area contributed by atoms with E-state index >= 15 is 0 Å². The lowest BCUT2D eigenvalue weighted by Crippen LogP contribution is -2.14. The van der Waals surface area contributed by atoms with Crippen LogP contribution in [-0.2, 0) is 19.1 Å². The second-order valence-corrected chi connectivity index (χ2v) is 10.8. The fourth-order valence-corrected chi connectivity index (χ4v) is 5.36. The third-order valence-corrected chi connectivity index (χ3v) is 7.54. The Kier molecular flexibility index (Phi) is 16.4. The van der Waals surface area contributed by atoms with Crippen molar-refractivity contribution in [3.8, 4) is 0 Å². The molecule has 0 amide bonds. The Hall–Kier alpha value is -1.10. The van der Waals surface area contributed by atoms with Crippen molar-refractivity contribution in [3.63, 3.8) is 0 Å². The summed E-state index contributed by atoms with van der Waals surface area (Å²) in [6.07, 6.45) is 25.6. The maximum atomic E-state index is 11.8. The van der Waals surface area contributed by atoms with Crippen molar-refractivity contribution in [1.82, 2.24) is 0 Å². The van der Waals surface area contributed by atoms with Crippen molar-refractivity contribution in [3.05, 3.63) is 0 Å². The Morgan fingerprint density at radius 2 is 0.882 bits per heavy atom. The zero-order chi connectivity index (χ0) is 24.3. The van der Waals surface area contributed by atoms with Crippen LogP contribution in [0.2, 0.25) is 0 Å². The molecular formula is C29H52O5. The van der Waals surface area contributed by atoms with Gasteiger partial charge in [-0.25, -0.2) is 0 Å². The van der Waals surface area contributed by atoms with Crippen molar-refractivity contribution >= 4 is 11.9 Å². The van der Waals surface area contributed by atoms with Gasteiger partial charge in [-0.05, 0) is 77.0 Å². The number of carbonyl (C=O) groups excluding carboxylic acids is 2. The number of hydrogen-bond donors (Lipinski definition) is 1. The third-order valence-electron chi connectivity index (χ3n) is 7.54. The monoisotopic (exact) mass is 480 g/mol. The summed E-state index contributed by atoms with van der Waals surface area (Å²) in [5.41, 5.74) is 0. The van der Waals surface area contributed by atoms with Crippen molar-refractivity contribution < 1.29 is 24.2 Å². The predicted octanol–water partition coefficient (Wildman–Crippen LogP) is 7.56. The van der Waals surface area contributed by atoms with Gasteiger partial charge in [0, 0.05) is 12.8 Å². The lowest BCUT2D eigenvalue weighted by atomic mass is 10.0. The Balaban J connectivity index is 1.26. The second kappa shape index (κ2) is 19.1. The molecule has 0 radical (unpaired) electrons. The first kappa shape index (κ1) is 29.1. The topological polar surface area (TPSA) is 72.8 Å². The number of aliphatic hydroxyl groups is 1. The summed E-state index contributed by atoms with van der Waals surface area (Å²) in [6.45, 7) is 0. The van der Waals surface area contributed by atoms with E-state index in [2.05, 4.69) is 0 Å². The van der Waals surface area contributed by atoms with Crippen LogP contribution in [-0.4, -0.2) is 35.4 Å². The van der Waals surface area contributed by atoms with E-state index in [4.69, 9.17) is 9.47 Å². The van der Waals surface area contributed by atoms with Crippen LogP contribution >= 0.6 is 0 Å². The van der Waals surface area contributed by atoms with E-state index in [-0.39, 0.29) is 30.3 Å². The SMILES string of the molecule is O=C(CCCCCCCCC(O)CCCCCCCCC(=O)OC1CCCC1)OC1CCCC1. The van der Waals surface area contributed by atoms with Gasteiger partial charge >= 0.3 is 11.9 Å². The third kappa shape index (κ3) is 15.0. The number of esters is 2. The molecule has 2 aliphatic rings. The Morgan fingerprint density at radius 1 is 0.559 bits per heavy atom. The molecule has 2 rings (SSSR count). The number of aliphatic hydroxyl groups excluding tert-OH is 1. The molecule has 5 nitrogen and oxygen atoms in total. The maximum Gasteiger partial charge on any atom is 0.306 e. The summed E-state index contributed by atoms with van der Waals surface area (Å²) in [5, 5.41) is 10.2. The van der Waals surface area contributed by atoms with Crippen LogP contribution in [0.25, 0.3) is 0 Å². The molecule has 5 heteroatoms. The molecule has 2 aliphatic carbocycles. The van der Waals surface area contributed by atoms with Gasteiger partial charge in [0.25, 0.3) is 0 Å². The fraction of sp³-hybridized carbons (Fsp3) is 0.931. The summed E-state index contributed by atoms with van der Waals surface area (Å²) < 4.78 is 11.0. The van der Waals surface area contributed by atoms with E-state index in [0.29, 0.717) is 12.8 Å². The number of ether oxygens (including phenoxy) is 2. The molecule has 1 N–H and O–H groups in total. The lowest BCUT2D eigenvalue weighted by Gasteiger charge is -2.11. The van der Waals surface area contributed by atoms with Crippen molar-refractivity contribution in [2.45, 2.75) is 172 Å². The fourth-order valence-electron chi connectivity index (χ4n) is 5.36. The smallest absolute Gasteiger partial charge is 0.306 e. The van der Waals surface area contributed by atoms with Crippen molar-refractivity contribution in [2.24, 2.45) is 0 Å². The average Bonchev–Trinajstić information content (AvgIpc) is 3.51. The molecule has 0 unspecified atom stereocenters. The van der Waals surface area contributed by atoms with E-state index < -0.39 is 0 Å². The van der Waals surface area contributed by atoms with E-state index in [1.54, 1.807) is 0 Å². The molecule has 0 aromatic rings. The highest BCUT2D eigenvalue weighted by Crippen LogP contribution is 2.23. The van der Waals surface area contributed by atoms with Gasteiger partial charge in [0.15, 0.2) is 0 Å². The average molecular weight is 481 g/mol. The molecule has 0 saturated heterocycles. The quantitative estimate of drug-likeness (QED) is 0.144. The predicted molar refractivity (Wildman–Crippen MR) is 137 cm³/mol. The first-order valence-electron chi connectivity index (χ1n) is 14.7. The Bertz CT molecular complexity index is 477. The molecule has 34 heavy (non-hydrogen) atoms. The van der Waals surface area contributed by atoms with Crippen LogP contribution in [0.1, 0.15) is 154 Å². The van der Waals surface area contributed by atoms with Gasteiger partial charge in [0.05, 0.1) is 6.10 Å². The van der Waals surface area contributed by atoms with Gasteiger partial charge in [-0.2, -0.15) is 0 Å². The standard InChI is InChI=1S/C29H52O5/c30-25(17-9-5-1-3-7-11-23-28(31)33-26-19-13-14-20-26)18-10-6-2-4-8-12-24-29(32)34-27-21-15-16-22-27/h25-27,30H,1-24H2. The highest BCUT2D eigenvalue weighted by molar-refractivity contribution is 5.69. The van der Waals surface area contributed by atoms with Crippen LogP contribution in [0.15, 0.2) is 0 Å². The summed E-state index contributed by atoms with van der Waals surface area (Å²) >= 11 is 0. The highest BCUT2D eigenvalue weighted by atomic mass is 16.5. The van der Waals surface area contributed by atoms with Gasteiger partial charge in [-0.1, -0.05) is 64.2 Å². The Morgan fingerprint density at radius 3 is 1.26 bits per heavy atom. The van der Waals surface area contributed by atoms with Gasteiger partial charge in [0.1, 0.15) is 12.2 Å². The van der Waals surface area contributed by atoms with E-state index in [1.165, 1.54) is 64.2 Å². The summed E-state index contributed by atoms with van der Waals surface area (Å²) in [5.74, 6) is -0.0106. The molecule has 0 heterocycles. The summed E-state index contributed by atoms with van der Waals surface area (Å²) in [4.78, 5) is 23.6. The minimum Gasteiger partial charge on any atom is -0.462 e. The number of unbranched alkanes of at least 4 members (excludes halogenated alkanes) is 10. The highest BCUT2D eigenvalue weighted by Gasteiger charge is 2.19. The van der Waals surface area contributed by atoms with Crippen LogP contribution in [0.5, 0.6) is 0 Å². The molecule has 2 fully saturated rings. The van der Waals surface area contributed by atoms with Gasteiger partial charge in [-0.15, -0.1) is 0 Å². The molecule has 0 bridgehead atoms. The lowest BCUT2D eigenvalue weighted by molar-refractivity contribution is -0.149. The molecular weight excluding hydrogens is 428 g/mol. The van der Waals surface area contributed by atoms with Gasteiger partial charge < -0.3 is 14.6 Å². The van der Waals surface area contributed by atoms with Crippen LogP contribution in [0, 0.1) is 0 Å². The second-order valence-electron chi connectivity index (χ2n) is 10.8. The molecule has 0 aromatic heterocycles. The summed E-state index contributed by atoms with van der Waals surface area (Å²) in [7, 11) is 0. The van der Waals surface area contributed by atoms with Gasteiger partial charge in [0.2, 0.25) is 0 Å². The van der Waals surface area contributed by atoms with Crippen LogP contribution in [0.3, 0.4) is 0 Å². The van der Waals surface area contributed by atoms with E-state index in [9.17, 15) is 14.7 Å². The maximum absolute atomic E-state index is 11.8. The number of rotatable bonds is 20. The molecule has 0 atom stereocenters. The minimum atomic E-state index is -0.157. The first-order chi connectivity index (χ1) is 16.6. The minimum absolute atomic E-state index is 0.00530. The molecule has 0 aromatic carbocycles. The number of carbonyl (C=O) groups is 2. The van der Waals surface area contributed by atoms with Crippen LogP contribution in [0.4, 0.5) is 0 Å². The van der Waals surface area contributed by atoms with Crippen molar-refractivity contribution in [1.29, 1.82) is 0 Å². The summed E-state index contributed by atoms with van der Waals surface area (Å²) in [6, 6.07) is 0. The molecule has 2 saturated carbocycles. The normalized spacial score (nSPS) is 17.0. The van der Waals surface area contributed by atoms with Crippen molar-refractivity contribution in [2.75, 3.05) is 0 Å². The zero-order valence-electron chi connectivity index (χ0n) is 21.8. The number of hydrogen-bond acceptors (Lipinski definition) is 5. The first-order valence-corrected chi connectivity index (χ1v) is 14.7. The zero-order valence-corrected chi connectivity index (χ0v) is 21.8. The molecule has 198 valence electrons. The van der Waals surface area contributed by atoms with E-state index in [0.717, 1.165) is 77.0 Å². The van der Waals surface area contributed by atoms with E-state index in [1.807, 2.05) is 0 Å². The van der Waals surface area contributed by atoms with Crippen LogP contribution < -0.4 is 0 Å². The Labute approximate surface area is 208 Å². The molecule has 0 aliphatic heterocycles. The largest absolute Gasteiger partial charge is 0.462 e. The molecule has 0 spiro atoms. The van der Waals surface area contributed by atoms with Gasteiger partial charge in [-0.3, -0.25) is 9.59 Å².